The summed E-state index contributed by atoms with van der Waals surface area (Å²) in [4.78, 5) is 11.8. The van der Waals surface area contributed by atoms with Crippen molar-refractivity contribution in [2.45, 2.75) is 58.5 Å². The first kappa shape index (κ1) is 18.5. The summed E-state index contributed by atoms with van der Waals surface area (Å²) in [7, 11) is 1.90. The Hall–Kier alpha value is -1.56. The molecular formula is C16H30N4O2. The Balaban J connectivity index is 2.77. The third-order valence-corrected chi connectivity index (χ3v) is 3.28. The van der Waals surface area contributed by atoms with Gasteiger partial charge in [-0.05, 0) is 26.8 Å². The fourth-order valence-electron chi connectivity index (χ4n) is 2.06. The summed E-state index contributed by atoms with van der Waals surface area (Å²) in [5, 5.41) is 7.34. The number of ether oxygens (including phenoxy) is 1. The van der Waals surface area contributed by atoms with E-state index in [2.05, 4.69) is 37.3 Å². The van der Waals surface area contributed by atoms with Gasteiger partial charge < -0.3 is 15.8 Å². The number of nitrogens with one attached hydrogen (secondary N) is 1. The average Bonchev–Trinajstić information content (AvgIpc) is 2.70. The fraction of sp³-hybridized carbons (Fsp3) is 0.750. The van der Waals surface area contributed by atoms with Crippen molar-refractivity contribution in [3.63, 3.8) is 0 Å². The van der Waals surface area contributed by atoms with Crippen molar-refractivity contribution in [2.24, 2.45) is 12.8 Å². The Morgan fingerprint density at radius 1 is 1.36 bits per heavy atom. The van der Waals surface area contributed by atoms with Gasteiger partial charge in [0, 0.05) is 37.2 Å². The summed E-state index contributed by atoms with van der Waals surface area (Å²) in [6.45, 7) is 12.7. The van der Waals surface area contributed by atoms with E-state index in [1.807, 2.05) is 32.5 Å². The summed E-state index contributed by atoms with van der Waals surface area (Å²) in [5.41, 5.74) is 7.38. The molecule has 1 heterocycles. The number of carbonyl (C=O) groups excluding carboxylic acids is 1. The predicted octanol–water partition coefficient (Wildman–Crippen LogP) is 2.28. The van der Waals surface area contributed by atoms with Gasteiger partial charge in [-0.25, -0.2) is 4.79 Å². The molecule has 6 nitrogen and oxygen atoms in total. The van der Waals surface area contributed by atoms with Crippen molar-refractivity contribution in [1.29, 1.82) is 0 Å². The van der Waals surface area contributed by atoms with Crippen LogP contribution < -0.4 is 11.1 Å². The number of hydrogen-bond donors (Lipinski definition) is 2. The molecule has 3 N–H and O–H groups in total. The standard InChI is InChI=1S/C16H30N4O2/c1-15(2,3)13-8-12(20(7)19-13)11(9-17)10-18-14(21)22-16(4,5)6/h8,11H,9-10,17H2,1-7H3,(H,18,21). The molecule has 0 saturated heterocycles. The van der Waals surface area contributed by atoms with Crippen LogP contribution in [0.3, 0.4) is 0 Å². The molecule has 1 rings (SSSR count). The minimum Gasteiger partial charge on any atom is -0.444 e. The molecule has 0 fully saturated rings. The van der Waals surface area contributed by atoms with Crippen molar-refractivity contribution in [3.05, 3.63) is 17.5 Å². The van der Waals surface area contributed by atoms with Gasteiger partial charge in [0.1, 0.15) is 5.60 Å². The van der Waals surface area contributed by atoms with E-state index in [4.69, 9.17) is 10.5 Å². The number of alkyl carbamates (subject to hydrolysis) is 1. The molecule has 126 valence electrons. The number of nitrogens with zero attached hydrogens (tertiary/aromatic N) is 2. The second-order valence-electron chi connectivity index (χ2n) is 7.64. The van der Waals surface area contributed by atoms with Crippen LogP contribution in [0.25, 0.3) is 0 Å². The Morgan fingerprint density at radius 3 is 2.36 bits per heavy atom. The largest absolute Gasteiger partial charge is 0.444 e. The van der Waals surface area contributed by atoms with E-state index in [0.29, 0.717) is 13.1 Å². The number of rotatable bonds is 4. The van der Waals surface area contributed by atoms with Crippen LogP contribution >= 0.6 is 0 Å². The first-order valence-electron chi connectivity index (χ1n) is 7.65. The van der Waals surface area contributed by atoms with Crippen LogP contribution in [-0.2, 0) is 17.2 Å². The maximum absolute atomic E-state index is 11.8. The van der Waals surface area contributed by atoms with Gasteiger partial charge in [-0.3, -0.25) is 4.68 Å². The molecule has 0 radical (unpaired) electrons. The highest BCUT2D eigenvalue weighted by Gasteiger charge is 2.23. The third kappa shape index (κ3) is 5.33. The van der Waals surface area contributed by atoms with Crippen LogP contribution in [0, 0.1) is 0 Å². The van der Waals surface area contributed by atoms with Crippen molar-refractivity contribution >= 4 is 6.09 Å². The number of carbonyl (C=O) groups is 1. The predicted molar refractivity (Wildman–Crippen MR) is 87.9 cm³/mol. The van der Waals surface area contributed by atoms with Gasteiger partial charge in [0.25, 0.3) is 0 Å². The molecular weight excluding hydrogens is 280 g/mol. The Morgan fingerprint density at radius 2 is 1.95 bits per heavy atom. The maximum atomic E-state index is 11.8. The summed E-state index contributed by atoms with van der Waals surface area (Å²) < 4.78 is 7.09. The number of aryl methyl sites for hydroxylation is 1. The topological polar surface area (TPSA) is 82.2 Å². The zero-order chi connectivity index (χ0) is 17.1. The van der Waals surface area contributed by atoms with Gasteiger partial charge in [0.05, 0.1) is 5.69 Å². The SMILES string of the molecule is Cn1nc(C(C)(C)C)cc1C(CN)CNC(=O)OC(C)(C)C. The van der Waals surface area contributed by atoms with Crippen molar-refractivity contribution in [2.75, 3.05) is 13.1 Å². The van der Waals surface area contributed by atoms with Gasteiger partial charge in [0.2, 0.25) is 0 Å². The maximum Gasteiger partial charge on any atom is 0.407 e. The highest BCUT2D eigenvalue weighted by Crippen LogP contribution is 2.24. The van der Waals surface area contributed by atoms with Crippen molar-refractivity contribution < 1.29 is 9.53 Å². The number of nitrogens with two attached hydrogens (primary N) is 1. The monoisotopic (exact) mass is 310 g/mol. The third-order valence-electron chi connectivity index (χ3n) is 3.28. The molecule has 0 aliphatic carbocycles. The van der Waals surface area contributed by atoms with E-state index >= 15 is 0 Å². The summed E-state index contributed by atoms with van der Waals surface area (Å²) >= 11 is 0. The minimum atomic E-state index is -0.506. The van der Waals surface area contributed by atoms with Crippen LogP contribution in [0.2, 0.25) is 0 Å². The number of aromatic nitrogens is 2. The first-order chi connectivity index (χ1) is 9.94. The van der Waals surface area contributed by atoms with Crippen LogP contribution in [0.1, 0.15) is 58.8 Å². The summed E-state index contributed by atoms with van der Waals surface area (Å²) in [5.74, 6) is 0.00104. The molecule has 6 heteroatoms. The molecule has 1 atom stereocenters. The van der Waals surface area contributed by atoms with E-state index in [1.165, 1.54) is 0 Å². The highest BCUT2D eigenvalue weighted by atomic mass is 16.6. The van der Waals surface area contributed by atoms with Gasteiger partial charge in [-0.1, -0.05) is 20.8 Å². The lowest BCUT2D eigenvalue weighted by molar-refractivity contribution is 0.0524. The normalized spacial score (nSPS) is 13.8. The van der Waals surface area contributed by atoms with E-state index in [9.17, 15) is 4.79 Å². The van der Waals surface area contributed by atoms with Crippen molar-refractivity contribution in [3.8, 4) is 0 Å². The minimum absolute atomic E-state index is 0.00104. The second kappa shape index (κ2) is 6.69. The molecule has 0 spiro atoms. The van der Waals surface area contributed by atoms with Crippen molar-refractivity contribution in [1.82, 2.24) is 15.1 Å². The zero-order valence-electron chi connectivity index (χ0n) is 14.9. The van der Waals surface area contributed by atoms with Crippen LogP contribution in [0.5, 0.6) is 0 Å². The quantitative estimate of drug-likeness (QED) is 0.894. The average molecular weight is 310 g/mol. The highest BCUT2D eigenvalue weighted by molar-refractivity contribution is 5.67. The Labute approximate surface area is 133 Å². The Kier molecular flexibility index (Phi) is 5.62. The van der Waals surface area contributed by atoms with Gasteiger partial charge in [-0.2, -0.15) is 5.10 Å². The zero-order valence-corrected chi connectivity index (χ0v) is 14.9. The van der Waals surface area contributed by atoms with E-state index in [1.54, 1.807) is 0 Å². The molecule has 0 aliphatic heterocycles. The molecule has 0 aromatic carbocycles. The molecule has 0 saturated carbocycles. The summed E-state index contributed by atoms with van der Waals surface area (Å²) in [6.07, 6.45) is -0.427. The smallest absolute Gasteiger partial charge is 0.407 e. The molecule has 0 aliphatic rings. The fourth-order valence-corrected chi connectivity index (χ4v) is 2.06. The van der Waals surface area contributed by atoms with Gasteiger partial charge in [0.15, 0.2) is 0 Å². The van der Waals surface area contributed by atoms with E-state index in [0.717, 1.165) is 11.4 Å². The van der Waals surface area contributed by atoms with Gasteiger partial charge >= 0.3 is 6.09 Å². The number of hydrogen-bond acceptors (Lipinski definition) is 4. The molecule has 22 heavy (non-hydrogen) atoms. The second-order valence-corrected chi connectivity index (χ2v) is 7.64. The summed E-state index contributed by atoms with van der Waals surface area (Å²) in [6, 6.07) is 2.06. The lowest BCUT2D eigenvalue weighted by Crippen LogP contribution is -2.36. The van der Waals surface area contributed by atoms with Crippen LogP contribution in [0.15, 0.2) is 6.07 Å². The van der Waals surface area contributed by atoms with Crippen LogP contribution in [-0.4, -0.2) is 34.6 Å². The number of amides is 1. The van der Waals surface area contributed by atoms with Crippen LogP contribution in [0.4, 0.5) is 4.79 Å². The molecule has 1 unspecified atom stereocenters. The molecule has 1 aromatic rings. The molecule has 1 aromatic heterocycles. The lowest BCUT2D eigenvalue weighted by Gasteiger charge is -2.21. The molecule has 0 bridgehead atoms. The Bertz CT molecular complexity index is 509. The van der Waals surface area contributed by atoms with E-state index < -0.39 is 11.7 Å². The van der Waals surface area contributed by atoms with E-state index in [-0.39, 0.29) is 11.3 Å². The first-order valence-corrected chi connectivity index (χ1v) is 7.65. The van der Waals surface area contributed by atoms with Gasteiger partial charge in [-0.15, -0.1) is 0 Å². The molecule has 1 amide bonds. The lowest BCUT2D eigenvalue weighted by atomic mass is 9.91.